The molecule has 1 N–H and O–H groups in total. The van der Waals surface area contributed by atoms with E-state index in [9.17, 15) is 8.42 Å². The summed E-state index contributed by atoms with van der Waals surface area (Å²) in [6.07, 6.45) is 0. The Labute approximate surface area is 127 Å². The molecule has 0 amide bonds. The largest absolute Gasteiger partial charge is 0.368 e. The monoisotopic (exact) mass is 316 g/mol. The van der Waals surface area contributed by atoms with Gasteiger partial charge in [-0.2, -0.15) is 0 Å². The highest BCUT2D eigenvalue weighted by atomic mass is 32.2. The van der Waals surface area contributed by atoms with Crippen LogP contribution in [0.1, 0.15) is 5.56 Å². The molecule has 0 aliphatic carbocycles. The molecule has 4 nitrogen and oxygen atoms in total. The number of hydrogen-bond donors (Lipinski definition) is 1. The van der Waals surface area contributed by atoms with Crippen LogP contribution in [0, 0.1) is 0 Å². The number of nitrogens with one attached hydrogen (secondary N) is 1. The van der Waals surface area contributed by atoms with Crippen molar-refractivity contribution < 1.29 is 8.42 Å². The first kappa shape index (κ1) is 12.9. The van der Waals surface area contributed by atoms with E-state index in [-0.39, 0.29) is 0 Å². The molecule has 0 aromatic heterocycles. The zero-order chi connectivity index (χ0) is 14.4. The van der Waals surface area contributed by atoms with Gasteiger partial charge in [0.15, 0.2) is 0 Å². The van der Waals surface area contributed by atoms with Gasteiger partial charge >= 0.3 is 0 Å². The molecular formula is C15H12N2O2S2. The zero-order valence-electron chi connectivity index (χ0n) is 11.0. The van der Waals surface area contributed by atoms with Crippen LogP contribution in [0.2, 0.25) is 0 Å². The number of sulfone groups is 1. The molecule has 106 valence electrons. The molecule has 6 heteroatoms. The van der Waals surface area contributed by atoms with Crippen LogP contribution < -0.4 is 5.32 Å². The van der Waals surface area contributed by atoms with Crippen molar-refractivity contribution in [1.82, 2.24) is 5.32 Å². The van der Waals surface area contributed by atoms with Gasteiger partial charge in [-0.15, -0.1) is 0 Å². The van der Waals surface area contributed by atoms with Crippen LogP contribution in [0.4, 0.5) is 0 Å². The van der Waals surface area contributed by atoms with Crippen LogP contribution in [0.15, 0.2) is 67.0 Å². The Bertz CT molecular complexity index is 873. The first-order valence-electron chi connectivity index (χ1n) is 6.61. The first-order chi connectivity index (χ1) is 10.2. The number of amidine groups is 1. The van der Waals surface area contributed by atoms with Crippen LogP contribution in [0.3, 0.4) is 0 Å². The molecule has 2 heterocycles. The number of benzene rings is 2. The Hall–Kier alpha value is -1.79. The van der Waals surface area contributed by atoms with E-state index in [4.69, 9.17) is 0 Å². The van der Waals surface area contributed by atoms with E-state index in [1.807, 2.05) is 24.3 Å². The highest BCUT2D eigenvalue weighted by Crippen LogP contribution is 2.44. The SMILES string of the molecule is O=S1(=O)c2ccccc2Sc2ccc(C3=NCCN3)cc21. The minimum absolute atomic E-state index is 0.375. The van der Waals surface area contributed by atoms with E-state index in [0.29, 0.717) is 9.79 Å². The maximum absolute atomic E-state index is 12.8. The molecule has 0 radical (unpaired) electrons. The Kier molecular flexibility index (Phi) is 2.83. The number of nitrogens with zero attached hydrogens (tertiary/aromatic N) is 1. The summed E-state index contributed by atoms with van der Waals surface area (Å²) in [7, 11) is -3.46. The van der Waals surface area contributed by atoms with Crippen molar-refractivity contribution in [3.63, 3.8) is 0 Å². The number of fused-ring (bicyclic) bond motifs is 2. The Morgan fingerprint density at radius 3 is 2.67 bits per heavy atom. The van der Waals surface area contributed by atoms with Gasteiger partial charge in [0, 0.05) is 21.9 Å². The fourth-order valence-electron chi connectivity index (χ4n) is 2.53. The highest BCUT2D eigenvalue weighted by Gasteiger charge is 2.30. The third-order valence-corrected chi connectivity index (χ3v) is 6.80. The lowest BCUT2D eigenvalue weighted by Gasteiger charge is -2.19. The van der Waals surface area contributed by atoms with Gasteiger partial charge in [0.05, 0.1) is 16.3 Å². The minimum Gasteiger partial charge on any atom is -0.368 e. The second kappa shape index (κ2) is 4.61. The molecule has 0 atom stereocenters. The summed E-state index contributed by atoms with van der Waals surface area (Å²) in [5.41, 5.74) is 0.829. The van der Waals surface area contributed by atoms with Crippen molar-refractivity contribution in [2.24, 2.45) is 4.99 Å². The summed E-state index contributed by atoms with van der Waals surface area (Å²) < 4.78 is 25.6. The van der Waals surface area contributed by atoms with Gasteiger partial charge in [0.1, 0.15) is 5.84 Å². The Balaban J connectivity index is 1.91. The second-order valence-electron chi connectivity index (χ2n) is 4.87. The van der Waals surface area contributed by atoms with Gasteiger partial charge in [-0.25, -0.2) is 8.42 Å². The molecule has 21 heavy (non-hydrogen) atoms. The third kappa shape index (κ3) is 1.98. The molecule has 0 saturated carbocycles. The lowest BCUT2D eigenvalue weighted by Crippen LogP contribution is -2.20. The van der Waals surface area contributed by atoms with Gasteiger partial charge < -0.3 is 5.32 Å². The lowest BCUT2D eigenvalue weighted by atomic mass is 10.2. The lowest BCUT2D eigenvalue weighted by molar-refractivity contribution is 0.591. The van der Waals surface area contributed by atoms with E-state index in [1.54, 1.807) is 18.2 Å². The van der Waals surface area contributed by atoms with Crippen molar-refractivity contribution in [1.29, 1.82) is 0 Å². The van der Waals surface area contributed by atoms with Crippen LogP contribution in [0.5, 0.6) is 0 Å². The Morgan fingerprint density at radius 1 is 1.05 bits per heavy atom. The van der Waals surface area contributed by atoms with E-state index in [1.165, 1.54) is 11.8 Å². The number of hydrogen-bond acceptors (Lipinski definition) is 5. The molecular weight excluding hydrogens is 304 g/mol. The summed E-state index contributed by atoms with van der Waals surface area (Å²) in [5, 5.41) is 3.17. The van der Waals surface area contributed by atoms with E-state index < -0.39 is 9.84 Å². The summed E-state index contributed by atoms with van der Waals surface area (Å²) in [6.45, 7) is 1.54. The summed E-state index contributed by atoms with van der Waals surface area (Å²) in [6, 6.07) is 12.6. The number of rotatable bonds is 1. The van der Waals surface area contributed by atoms with Crippen LogP contribution in [-0.2, 0) is 9.84 Å². The smallest absolute Gasteiger partial charge is 0.208 e. The standard InChI is InChI=1S/C15H12N2O2S2/c18-21(19)13-4-2-1-3-11(13)20-12-6-5-10(9-14(12)21)15-16-7-8-17-15/h1-6,9H,7-8H2,(H,16,17). The normalized spacial score (nSPS) is 18.4. The van der Waals surface area contributed by atoms with Gasteiger partial charge in [-0.05, 0) is 24.3 Å². The van der Waals surface area contributed by atoms with E-state index >= 15 is 0 Å². The predicted molar refractivity (Wildman–Crippen MR) is 81.9 cm³/mol. The van der Waals surface area contributed by atoms with Gasteiger partial charge in [-0.1, -0.05) is 30.0 Å². The summed E-state index contributed by atoms with van der Waals surface area (Å²) in [5.74, 6) is 0.775. The van der Waals surface area contributed by atoms with E-state index in [0.717, 1.165) is 34.3 Å². The fourth-order valence-corrected chi connectivity index (χ4v) is 5.73. The van der Waals surface area contributed by atoms with Crippen molar-refractivity contribution in [2.45, 2.75) is 19.6 Å². The highest BCUT2D eigenvalue weighted by molar-refractivity contribution is 8.02. The molecule has 0 saturated heterocycles. The zero-order valence-corrected chi connectivity index (χ0v) is 12.7. The maximum Gasteiger partial charge on any atom is 0.208 e. The van der Waals surface area contributed by atoms with Gasteiger partial charge in [0.2, 0.25) is 9.84 Å². The number of aliphatic imine (C=N–C) groups is 1. The van der Waals surface area contributed by atoms with Gasteiger partial charge in [0.25, 0.3) is 0 Å². The van der Waals surface area contributed by atoms with Gasteiger partial charge in [-0.3, -0.25) is 4.99 Å². The molecule has 0 bridgehead atoms. The third-order valence-electron chi connectivity index (χ3n) is 3.54. The van der Waals surface area contributed by atoms with Crippen molar-refractivity contribution >= 4 is 27.4 Å². The summed E-state index contributed by atoms with van der Waals surface area (Å²) >= 11 is 1.50. The summed E-state index contributed by atoms with van der Waals surface area (Å²) in [4.78, 5) is 6.68. The predicted octanol–water partition coefficient (Wildman–Crippen LogP) is 2.33. The minimum atomic E-state index is -3.46. The molecule has 0 unspecified atom stereocenters. The molecule has 2 aliphatic heterocycles. The molecule has 2 aliphatic rings. The van der Waals surface area contributed by atoms with Crippen molar-refractivity contribution in [3.05, 3.63) is 48.0 Å². The van der Waals surface area contributed by atoms with Crippen LogP contribution >= 0.6 is 11.8 Å². The molecule has 0 fully saturated rings. The van der Waals surface area contributed by atoms with Crippen molar-refractivity contribution in [3.8, 4) is 0 Å². The topological polar surface area (TPSA) is 58.5 Å². The first-order valence-corrected chi connectivity index (χ1v) is 8.91. The molecule has 4 rings (SSSR count). The molecule has 2 aromatic rings. The maximum atomic E-state index is 12.8. The quantitative estimate of drug-likeness (QED) is 0.748. The average molecular weight is 316 g/mol. The Morgan fingerprint density at radius 2 is 1.86 bits per heavy atom. The average Bonchev–Trinajstić information content (AvgIpc) is 3.01. The van der Waals surface area contributed by atoms with Crippen molar-refractivity contribution in [2.75, 3.05) is 13.1 Å². The van der Waals surface area contributed by atoms with E-state index in [2.05, 4.69) is 10.3 Å². The van der Waals surface area contributed by atoms with Crippen LogP contribution in [0.25, 0.3) is 0 Å². The molecule has 2 aromatic carbocycles. The van der Waals surface area contributed by atoms with Crippen LogP contribution in [-0.4, -0.2) is 27.3 Å². The fraction of sp³-hybridized carbons (Fsp3) is 0.133. The molecule has 0 spiro atoms. The second-order valence-corrected chi connectivity index (χ2v) is 7.84.